The van der Waals surface area contributed by atoms with Gasteiger partial charge >= 0.3 is 0 Å². The van der Waals surface area contributed by atoms with Gasteiger partial charge in [0.25, 0.3) is 11.6 Å². The Kier molecular flexibility index (Phi) is 8.59. The first kappa shape index (κ1) is 24.7. The first-order chi connectivity index (χ1) is 16.4. The van der Waals surface area contributed by atoms with Crippen molar-refractivity contribution in [2.45, 2.75) is 13.5 Å². The highest BCUT2D eigenvalue weighted by Gasteiger charge is 2.11. The smallest absolute Gasteiger partial charge is 0.269 e. The molecule has 0 aliphatic heterocycles. The van der Waals surface area contributed by atoms with Crippen LogP contribution in [0.25, 0.3) is 6.08 Å². The highest BCUT2D eigenvalue weighted by atomic mass is 127. The second-order valence-corrected chi connectivity index (χ2v) is 8.15. The molecule has 0 aliphatic carbocycles. The average Bonchev–Trinajstić information content (AvgIpc) is 2.83. The van der Waals surface area contributed by atoms with Gasteiger partial charge in [-0.25, -0.2) is 0 Å². The van der Waals surface area contributed by atoms with Crippen molar-refractivity contribution in [3.05, 3.63) is 97.1 Å². The minimum absolute atomic E-state index is 0.00354. The van der Waals surface area contributed by atoms with E-state index < -0.39 is 10.8 Å². The molecule has 0 saturated carbocycles. The van der Waals surface area contributed by atoms with Gasteiger partial charge in [0.1, 0.15) is 29.7 Å². The molecule has 0 fully saturated rings. The van der Waals surface area contributed by atoms with E-state index in [1.165, 1.54) is 18.2 Å². The maximum Gasteiger partial charge on any atom is 0.269 e. The molecule has 0 aliphatic rings. The molecule has 3 aromatic carbocycles. The van der Waals surface area contributed by atoms with Crippen LogP contribution < -0.4 is 14.8 Å². The second-order valence-electron chi connectivity index (χ2n) is 6.99. The number of anilines is 1. The lowest BCUT2D eigenvalue weighted by Gasteiger charge is -2.09. The van der Waals surface area contributed by atoms with Gasteiger partial charge in [-0.15, -0.1) is 0 Å². The van der Waals surface area contributed by atoms with Crippen molar-refractivity contribution in [2.75, 3.05) is 11.9 Å². The number of amides is 1. The number of nitriles is 1. The largest absolute Gasteiger partial charge is 0.494 e. The maximum absolute atomic E-state index is 12.5. The highest BCUT2D eigenvalue weighted by Crippen LogP contribution is 2.25. The van der Waals surface area contributed by atoms with E-state index in [2.05, 4.69) is 27.9 Å². The first-order valence-electron chi connectivity index (χ1n) is 10.2. The van der Waals surface area contributed by atoms with Crippen LogP contribution in [-0.4, -0.2) is 17.4 Å². The number of carbonyl (C=O) groups is 1. The summed E-state index contributed by atoms with van der Waals surface area (Å²) in [5, 5.41) is 23.1. The fraction of sp³-hybridized carbons (Fsp3) is 0.120. The molecule has 0 aromatic heterocycles. The molecule has 34 heavy (non-hydrogen) atoms. The van der Waals surface area contributed by atoms with Crippen LogP contribution in [0.4, 0.5) is 11.4 Å². The Bertz CT molecular complexity index is 1270. The number of hydrogen-bond donors (Lipinski definition) is 1. The summed E-state index contributed by atoms with van der Waals surface area (Å²) >= 11 is 2.09. The van der Waals surface area contributed by atoms with Gasteiger partial charge in [0.2, 0.25) is 0 Å². The fourth-order valence-electron chi connectivity index (χ4n) is 2.96. The number of hydrogen-bond acceptors (Lipinski definition) is 6. The lowest BCUT2D eigenvalue weighted by molar-refractivity contribution is -0.384. The summed E-state index contributed by atoms with van der Waals surface area (Å²) in [4.78, 5) is 23.0. The van der Waals surface area contributed by atoms with Gasteiger partial charge in [-0.2, -0.15) is 5.26 Å². The molecule has 0 bridgehead atoms. The van der Waals surface area contributed by atoms with Crippen LogP contribution in [0.5, 0.6) is 11.5 Å². The Morgan fingerprint density at radius 1 is 1.15 bits per heavy atom. The van der Waals surface area contributed by atoms with Crippen LogP contribution in [0.3, 0.4) is 0 Å². The molecule has 1 N–H and O–H groups in total. The third-order valence-corrected chi connectivity index (χ3v) is 5.41. The molecule has 9 heteroatoms. The van der Waals surface area contributed by atoms with E-state index in [9.17, 15) is 20.2 Å². The number of halogens is 1. The molecule has 0 atom stereocenters. The van der Waals surface area contributed by atoms with Crippen molar-refractivity contribution in [2.24, 2.45) is 0 Å². The minimum atomic E-state index is -0.521. The third-order valence-electron chi connectivity index (χ3n) is 4.57. The third kappa shape index (κ3) is 6.79. The van der Waals surface area contributed by atoms with E-state index in [1.54, 1.807) is 54.6 Å². The van der Waals surface area contributed by atoms with Crippen molar-refractivity contribution in [3.63, 3.8) is 0 Å². The summed E-state index contributed by atoms with van der Waals surface area (Å²) in [6.45, 7) is 2.60. The molecule has 1 amide bonds. The number of nitro groups is 1. The monoisotopic (exact) mass is 569 g/mol. The Balaban J connectivity index is 1.67. The molecule has 0 heterocycles. The van der Waals surface area contributed by atoms with Gasteiger partial charge in [-0.1, -0.05) is 18.2 Å². The van der Waals surface area contributed by atoms with Crippen molar-refractivity contribution < 1.29 is 19.2 Å². The first-order valence-corrected chi connectivity index (χ1v) is 11.3. The van der Waals surface area contributed by atoms with Gasteiger partial charge in [0.15, 0.2) is 0 Å². The maximum atomic E-state index is 12.5. The van der Waals surface area contributed by atoms with Crippen molar-refractivity contribution in [3.8, 4) is 17.6 Å². The Morgan fingerprint density at radius 3 is 2.56 bits per heavy atom. The standard InChI is InChI=1S/C25H20IN3O5/c1-2-33-22-9-7-20(8-10-22)28-25(30)19(15-27)12-17-6-11-24(23(26)14-17)34-16-18-4-3-5-21(13-18)29(31)32/h3-14H,2,16H2,1H3,(H,28,30)/b19-12-. The lowest BCUT2D eigenvalue weighted by Crippen LogP contribution is -2.13. The van der Waals surface area contributed by atoms with Crippen LogP contribution >= 0.6 is 22.6 Å². The number of benzene rings is 3. The van der Waals surface area contributed by atoms with Gasteiger partial charge in [-0.05, 0) is 83.1 Å². The van der Waals surface area contributed by atoms with E-state index in [-0.39, 0.29) is 17.9 Å². The van der Waals surface area contributed by atoms with Crippen molar-refractivity contribution >= 4 is 45.9 Å². The SMILES string of the molecule is CCOc1ccc(NC(=O)/C(C#N)=C\c2ccc(OCc3cccc([N+](=O)[O-])c3)c(I)c2)cc1. The van der Waals surface area contributed by atoms with Crippen LogP contribution in [-0.2, 0) is 11.4 Å². The van der Waals surface area contributed by atoms with Crippen molar-refractivity contribution in [1.29, 1.82) is 5.26 Å². The zero-order valence-electron chi connectivity index (χ0n) is 18.2. The Hall–Kier alpha value is -3.91. The Labute approximate surface area is 210 Å². The number of nitrogens with zero attached hydrogens (tertiary/aromatic N) is 2. The number of ether oxygens (including phenoxy) is 2. The van der Waals surface area contributed by atoms with Crippen LogP contribution in [0.1, 0.15) is 18.1 Å². The molecule has 0 spiro atoms. The molecule has 3 aromatic rings. The van der Waals surface area contributed by atoms with Crippen molar-refractivity contribution in [1.82, 2.24) is 0 Å². The van der Waals surface area contributed by atoms with E-state index in [0.717, 1.165) is 3.57 Å². The predicted octanol–water partition coefficient (Wildman–Crippen LogP) is 5.72. The fourth-order valence-corrected chi connectivity index (χ4v) is 3.65. The number of nitro benzene ring substituents is 1. The van der Waals surface area contributed by atoms with Gasteiger partial charge in [0, 0.05) is 17.8 Å². The summed E-state index contributed by atoms with van der Waals surface area (Å²) < 4.78 is 11.9. The molecule has 0 unspecified atom stereocenters. The second kappa shape index (κ2) is 11.8. The average molecular weight is 569 g/mol. The van der Waals surface area contributed by atoms with Gasteiger partial charge in [-0.3, -0.25) is 14.9 Å². The van der Waals surface area contributed by atoms with Crippen LogP contribution in [0.15, 0.2) is 72.3 Å². The summed E-state index contributed by atoms with van der Waals surface area (Å²) in [6.07, 6.45) is 1.50. The van der Waals surface area contributed by atoms with Crippen LogP contribution in [0.2, 0.25) is 0 Å². The zero-order valence-corrected chi connectivity index (χ0v) is 20.3. The quantitative estimate of drug-likeness (QED) is 0.116. The summed E-state index contributed by atoms with van der Waals surface area (Å²) in [7, 11) is 0. The van der Waals surface area contributed by atoms with E-state index in [1.807, 2.05) is 13.0 Å². The van der Waals surface area contributed by atoms with E-state index in [0.29, 0.717) is 34.9 Å². The molecule has 172 valence electrons. The highest BCUT2D eigenvalue weighted by molar-refractivity contribution is 14.1. The van der Waals surface area contributed by atoms with Gasteiger partial charge in [0.05, 0.1) is 15.1 Å². The summed E-state index contributed by atoms with van der Waals surface area (Å²) in [5.74, 6) is 0.758. The van der Waals surface area contributed by atoms with E-state index in [4.69, 9.17) is 9.47 Å². The van der Waals surface area contributed by atoms with E-state index >= 15 is 0 Å². The summed E-state index contributed by atoms with van der Waals surface area (Å²) in [6, 6.07) is 20.3. The molecule has 3 rings (SSSR count). The molecular weight excluding hydrogens is 549 g/mol. The molecular formula is C25H20IN3O5. The lowest BCUT2D eigenvalue weighted by atomic mass is 10.1. The zero-order chi connectivity index (χ0) is 24.5. The topological polar surface area (TPSA) is 114 Å². The Morgan fingerprint density at radius 2 is 1.91 bits per heavy atom. The number of non-ortho nitro benzene ring substituents is 1. The predicted molar refractivity (Wildman–Crippen MR) is 136 cm³/mol. The number of rotatable bonds is 9. The summed E-state index contributed by atoms with van der Waals surface area (Å²) in [5.41, 5.74) is 1.84. The molecule has 0 saturated heterocycles. The normalized spacial score (nSPS) is 10.8. The molecule has 8 nitrogen and oxygen atoms in total. The number of carbonyl (C=O) groups excluding carboxylic acids is 1. The minimum Gasteiger partial charge on any atom is -0.494 e. The van der Waals surface area contributed by atoms with Gasteiger partial charge < -0.3 is 14.8 Å². The van der Waals surface area contributed by atoms with Crippen LogP contribution in [0, 0.1) is 25.0 Å². The molecule has 0 radical (unpaired) electrons. The number of nitrogens with one attached hydrogen (secondary N) is 1.